The van der Waals surface area contributed by atoms with Crippen LogP contribution in [0.5, 0.6) is 0 Å². The Morgan fingerprint density at radius 3 is 3.00 bits per heavy atom. The van der Waals surface area contributed by atoms with E-state index in [0.717, 1.165) is 0 Å². The van der Waals surface area contributed by atoms with Crippen molar-refractivity contribution in [2.75, 3.05) is 19.6 Å². The van der Waals surface area contributed by atoms with Crippen molar-refractivity contribution in [3.05, 3.63) is 29.0 Å². The summed E-state index contributed by atoms with van der Waals surface area (Å²) in [5.74, 6) is -0.418. The Kier molecular flexibility index (Phi) is 3.05. The van der Waals surface area contributed by atoms with Crippen LogP contribution >= 0.6 is 11.6 Å². The Balaban J connectivity index is 2.15. The lowest BCUT2D eigenvalue weighted by Gasteiger charge is -2.26. The van der Waals surface area contributed by atoms with E-state index in [9.17, 15) is 9.59 Å². The molecular weight excluding hydrogens is 230 g/mol. The highest BCUT2D eigenvalue weighted by molar-refractivity contribution is 6.29. The van der Waals surface area contributed by atoms with Gasteiger partial charge in [-0.1, -0.05) is 17.7 Å². The third-order valence-corrected chi connectivity index (χ3v) is 2.47. The standard InChI is InChI=1S/C10H10ClN3O2/c11-8-3-1-2-7(13-8)10(16)14-5-4-12-9(15)6-14/h1-3H,4-6H2,(H,12,15). The molecule has 0 unspecified atom stereocenters. The van der Waals surface area contributed by atoms with Gasteiger partial charge in [-0.2, -0.15) is 0 Å². The first-order chi connectivity index (χ1) is 7.66. The van der Waals surface area contributed by atoms with Crippen molar-refractivity contribution < 1.29 is 9.59 Å². The molecule has 0 saturated carbocycles. The maximum absolute atomic E-state index is 11.9. The van der Waals surface area contributed by atoms with E-state index in [0.29, 0.717) is 13.1 Å². The zero-order chi connectivity index (χ0) is 11.5. The van der Waals surface area contributed by atoms with Gasteiger partial charge in [-0.3, -0.25) is 9.59 Å². The number of carbonyl (C=O) groups is 2. The SMILES string of the molecule is O=C1CN(C(=O)c2cccc(Cl)n2)CCN1. The molecule has 0 spiro atoms. The molecule has 0 radical (unpaired) electrons. The molecule has 6 heteroatoms. The van der Waals surface area contributed by atoms with Gasteiger partial charge in [0, 0.05) is 13.1 Å². The van der Waals surface area contributed by atoms with Gasteiger partial charge in [-0.15, -0.1) is 0 Å². The number of nitrogens with zero attached hydrogens (tertiary/aromatic N) is 2. The third kappa shape index (κ3) is 2.30. The average Bonchev–Trinajstić information content (AvgIpc) is 2.28. The minimum absolute atomic E-state index is 0.0764. The Labute approximate surface area is 97.4 Å². The number of pyridine rings is 1. The lowest BCUT2D eigenvalue weighted by Crippen LogP contribution is -2.50. The van der Waals surface area contributed by atoms with E-state index in [2.05, 4.69) is 10.3 Å². The number of amides is 2. The molecule has 84 valence electrons. The second-order valence-electron chi connectivity index (χ2n) is 3.42. The second kappa shape index (κ2) is 4.49. The monoisotopic (exact) mass is 239 g/mol. The van der Waals surface area contributed by atoms with Crippen molar-refractivity contribution in [3.8, 4) is 0 Å². The van der Waals surface area contributed by atoms with Crippen LogP contribution in [0.2, 0.25) is 5.15 Å². The lowest BCUT2D eigenvalue weighted by atomic mass is 10.3. The molecule has 1 fully saturated rings. The molecular formula is C10H10ClN3O2. The van der Waals surface area contributed by atoms with Gasteiger partial charge in [0.2, 0.25) is 5.91 Å². The predicted octanol–water partition coefficient (Wildman–Crippen LogP) is 0.307. The van der Waals surface area contributed by atoms with Crippen LogP contribution in [0.4, 0.5) is 0 Å². The first-order valence-electron chi connectivity index (χ1n) is 4.85. The fraction of sp³-hybridized carbons (Fsp3) is 0.300. The number of hydrogen-bond acceptors (Lipinski definition) is 3. The Morgan fingerprint density at radius 1 is 1.50 bits per heavy atom. The molecule has 1 N–H and O–H groups in total. The van der Waals surface area contributed by atoms with Crippen molar-refractivity contribution in [2.24, 2.45) is 0 Å². The van der Waals surface area contributed by atoms with Crippen LogP contribution in [-0.4, -0.2) is 41.3 Å². The van der Waals surface area contributed by atoms with Gasteiger partial charge >= 0.3 is 0 Å². The highest BCUT2D eigenvalue weighted by Gasteiger charge is 2.22. The molecule has 0 atom stereocenters. The van der Waals surface area contributed by atoms with E-state index in [1.807, 2.05) is 0 Å². The summed E-state index contributed by atoms with van der Waals surface area (Å²) in [6.07, 6.45) is 0. The van der Waals surface area contributed by atoms with Gasteiger partial charge in [0.25, 0.3) is 5.91 Å². The predicted molar refractivity (Wildman–Crippen MR) is 58.2 cm³/mol. The topological polar surface area (TPSA) is 62.3 Å². The second-order valence-corrected chi connectivity index (χ2v) is 3.81. The first kappa shape index (κ1) is 10.9. The van der Waals surface area contributed by atoms with E-state index < -0.39 is 0 Å². The van der Waals surface area contributed by atoms with Crippen LogP contribution in [0.25, 0.3) is 0 Å². The molecule has 5 nitrogen and oxygen atoms in total. The lowest BCUT2D eigenvalue weighted by molar-refractivity contribution is -0.123. The van der Waals surface area contributed by atoms with Crippen LogP contribution < -0.4 is 5.32 Å². The van der Waals surface area contributed by atoms with Gasteiger partial charge in [-0.25, -0.2) is 4.98 Å². The maximum Gasteiger partial charge on any atom is 0.273 e. The molecule has 0 aromatic carbocycles. The number of hydrogen-bond donors (Lipinski definition) is 1. The van der Waals surface area contributed by atoms with E-state index in [1.165, 1.54) is 4.90 Å². The van der Waals surface area contributed by atoms with E-state index >= 15 is 0 Å². The quantitative estimate of drug-likeness (QED) is 0.718. The van der Waals surface area contributed by atoms with Crippen molar-refractivity contribution in [1.29, 1.82) is 0 Å². The van der Waals surface area contributed by atoms with Crippen molar-refractivity contribution in [2.45, 2.75) is 0 Å². The van der Waals surface area contributed by atoms with Gasteiger partial charge < -0.3 is 10.2 Å². The average molecular weight is 240 g/mol. The highest BCUT2D eigenvalue weighted by Crippen LogP contribution is 2.08. The summed E-state index contributed by atoms with van der Waals surface area (Å²) in [5.41, 5.74) is 0.266. The van der Waals surface area contributed by atoms with E-state index in [1.54, 1.807) is 18.2 Å². The number of halogens is 1. The summed E-state index contributed by atoms with van der Waals surface area (Å²) in [5, 5.41) is 2.92. The van der Waals surface area contributed by atoms with Gasteiger partial charge in [0.15, 0.2) is 0 Å². The maximum atomic E-state index is 11.9. The van der Waals surface area contributed by atoms with Crippen molar-refractivity contribution in [3.63, 3.8) is 0 Å². The van der Waals surface area contributed by atoms with Gasteiger partial charge in [0.05, 0.1) is 6.54 Å². The minimum atomic E-state index is -0.266. The number of piperazine rings is 1. The summed E-state index contributed by atoms with van der Waals surface area (Å²) in [6.45, 7) is 1.05. The molecule has 2 amide bonds. The normalized spacial score (nSPS) is 15.8. The molecule has 2 heterocycles. The van der Waals surface area contributed by atoms with Crippen LogP contribution in [0.1, 0.15) is 10.5 Å². The molecule has 1 aliphatic rings. The van der Waals surface area contributed by atoms with Gasteiger partial charge in [-0.05, 0) is 12.1 Å². The number of nitrogens with one attached hydrogen (secondary N) is 1. The molecule has 0 bridgehead atoms. The van der Waals surface area contributed by atoms with Crippen LogP contribution in [0, 0.1) is 0 Å². The summed E-state index contributed by atoms with van der Waals surface area (Å²) in [4.78, 5) is 28.4. The fourth-order valence-corrected chi connectivity index (χ4v) is 1.67. The van der Waals surface area contributed by atoms with Gasteiger partial charge in [0.1, 0.15) is 10.8 Å². The summed E-state index contributed by atoms with van der Waals surface area (Å²) in [7, 11) is 0. The molecule has 1 aromatic heterocycles. The van der Waals surface area contributed by atoms with Crippen LogP contribution in [-0.2, 0) is 4.79 Å². The molecule has 1 saturated heterocycles. The molecule has 1 aromatic rings. The van der Waals surface area contributed by atoms with Crippen LogP contribution in [0.3, 0.4) is 0 Å². The molecule has 16 heavy (non-hydrogen) atoms. The Hall–Kier alpha value is -1.62. The largest absolute Gasteiger partial charge is 0.353 e. The van der Waals surface area contributed by atoms with Crippen LogP contribution in [0.15, 0.2) is 18.2 Å². The zero-order valence-electron chi connectivity index (χ0n) is 8.44. The zero-order valence-corrected chi connectivity index (χ0v) is 9.20. The molecule has 1 aliphatic heterocycles. The number of aromatic nitrogens is 1. The first-order valence-corrected chi connectivity index (χ1v) is 5.23. The Morgan fingerprint density at radius 2 is 2.31 bits per heavy atom. The van der Waals surface area contributed by atoms with E-state index in [4.69, 9.17) is 11.6 Å². The summed E-state index contributed by atoms with van der Waals surface area (Å²) < 4.78 is 0. The minimum Gasteiger partial charge on any atom is -0.353 e. The summed E-state index contributed by atoms with van der Waals surface area (Å²) >= 11 is 5.70. The van der Waals surface area contributed by atoms with Crippen molar-refractivity contribution >= 4 is 23.4 Å². The Bertz CT molecular complexity index is 436. The number of carbonyl (C=O) groups excluding carboxylic acids is 2. The number of rotatable bonds is 1. The summed E-state index contributed by atoms with van der Waals surface area (Å²) in [6, 6.07) is 4.84. The molecule has 0 aliphatic carbocycles. The van der Waals surface area contributed by atoms with E-state index in [-0.39, 0.29) is 29.2 Å². The highest BCUT2D eigenvalue weighted by atomic mass is 35.5. The smallest absolute Gasteiger partial charge is 0.273 e. The third-order valence-electron chi connectivity index (χ3n) is 2.26. The molecule has 2 rings (SSSR count). The van der Waals surface area contributed by atoms with Crippen molar-refractivity contribution in [1.82, 2.24) is 15.2 Å². The fourth-order valence-electron chi connectivity index (χ4n) is 1.50.